The van der Waals surface area contributed by atoms with E-state index >= 15 is 0 Å². The summed E-state index contributed by atoms with van der Waals surface area (Å²) in [6.45, 7) is 7.78. The SMILES string of the molecule is CNC(=O)c1ncc(S(=O)(=O)NC(=O)Nc2c(C(C)C)cc(Cl)cc2C(C)C)cn1. The summed E-state index contributed by atoms with van der Waals surface area (Å²) in [5.74, 6) is -0.669. The van der Waals surface area contributed by atoms with Crippen LogP contribution in [0.5, 0.6) is 0 Å². The number of urea groups is 1. The maximum atomic E-state index is 12.5. The normalized spacial score (nSPS) is 11.5. The first-order valence-corrected chi connectivity index (χ1v) is 11.0. The number of carbonyl (C=O) groups is 2. The Kier molecular flexibility index (Phi) is 7.38. The van der Waals surface area contributed by atoms with Crippen LogP contribution in [0.25, 0.3) is 0 Å². The average Bonchev–Trinajstić information content (AvgIpc) is 2.67. The van der Waals surface area contributed by atoms with Crippen molar-refractivity contribution in [1.82, 2.24) is 20.0 Å². The van der Waals surface area contributed by atoms with Gasteiger partial charge >= 0.3 is 6.03 Å². The maximum Gasteiger partial charge on any atom is 0.333 e. The lowest BCUT2D eigenvalue weighted by Gasteiger charge is -2.21. The van der Waals surface area contributed by atoms with E-state index < -0.39 is 22.0 Å². The van der Waals surface area contributed by atoms with Crippen LogP contribution in [-0.2, 0) is 10.0 Å². The number of anilines is 1. The molecule has 1 aromatic heterocycles. The quantitative estimate of drug-likeness (QED) is 0.615. The molecule has 1 heterocycles. The van der Waals surface area contributed by atoms with Crippen molar-refractivity contribution < 1.29 is 18.0 Å². The Morgan fingerprint density at radius 1 is 1.00 bits per heavy atom. The molecule has 0 bridgehead atoms. The third-order valence-electron chi connectivity index (χ3n) is 4.24. The number of amides is 3. The average molecular weight is 454 g/mol. The molecule has 162 valence electrons. The van der Waals surface area contributed by atoms with Crippen LogP contribution in [0.15, 0.2) is 29.4 Å². The lowest BCUT2D eigenvalue weighted by atomic mass is 9.92. The summed E-state index contributed by atoms with van der Waals surface area (Å²) in [6.07, 6.45) is 1.91. The topological polar surface area (TPSA) is 130 Å². The second kappa shape index (κ2) is 9.40. The Bertz CT molecular complexity index is 1020. The second-order valence-electron chi connectivity index (χ2n) is 7.15. The van der Waals surface area contributed by atoms with E-state index in [2.05, 4.69) is 20.6 Å². The summed E-state index contributed by atoms with van der Waals surface area (Å²) in [7, 11) is -2.85. The fourth-order valence-electron chi connectivity index (χ4n) is 2.71. The fraction of sp³-hybridized carbons (Fsp3) is 0.368. The summed E-state index contributed by atoms with van der Waals surface area (Å²) in [5, 5.41) is 5.51. The first-order chi connectivity index (χ1) is 14.0. The van der Waals surface area contributed by atoms with E-state index in [1.54, 1.807) is 12.1 Å². The highest BCUT2D eigenvalue weighted by molar-refractivity contribution is 7.90. The van der Waals surface area contributed by atoms with Gasteiger partial charge in [-0.15, -0.1) is 0 Å². The highest BCUT2D eigenvalue weighted by Gasteiger charge is 2.22. The molecule has 0 atom stereocenters. The maximum absolute atomic E-state index is 12.5. The van der Waals surface area contributed by atoms with Crippen molar-refractivity contribution in [3.63, 3.8) is 0 Å². The van der Waals surface area contributed by atoms with Gasteiger partial charge in [-0.3, -0.25) is 4.79 Å². The van der Waals surface area contributed by atoms with Crippen molar-refractivity contribution in [2.24, 2.45) is 0 Å². The van der Waals surface area contributed by atoms with Gasteiger partial charge in [0, 0.05) is 17.8 Å². The van der Waals surface area contributed by atoms with E-state index in [1.807, 2.05) is 32.4 Å². The van der Waals surface area contributed by atoms with Crippen LogP contribution in [0.2, 0.25) is 5.02 Å². The van der Waals surface area contributed by atoms with E-state index in [0.717, 1.165) is 23.5 Å². The van der Waals surface area contributed by atoms with Crippen LogP contribution in [0.3, 0.4) is 0 Å². The molecule has 0 saturated heterocycles. The second-order valence-corrected chi connectivity index (χ2v) is 9.27. The molecular formula is C19H24ClN5O4S. The van der Waals surface area contributed by atoms with E-state index in [0.29, 0.717) is 10.7 Å². The third kappa shape index (κ3) is 5.45. The first-order valence-electron chi connectivity index (χ1n) is 9.17. The fourth-order valence-corrected chi connectivity index (χ4v) is 3.74. The molecule has 30 heavy (non-hydrogen) atoms. The zero-order valence-corrected chi connectivity index (χ0v) is 18.9. The molecule has 0 spiro atoms. The third-order valence-corrected chi connectivity index (χ3v) is 5.75. The standard InChI is InChI=1S/C19H24ClN5O4S/c1-10(2)14-6-12(20)7-15(11(3)4)16(14)24-19(27)25-30(28,29)13-8-22-17(23-9-13)18(26)21-5/h6-11H,1-5H3,(H,21,26)(H2,24,25,27). The molecule has 0 aliphatic carbocycles. The molecular weight excluding hydrogens is 430 g/mol. The van der Waals surface area contributed by atoms with Gasteiger partial charge in [-0.1, -0.05) is 39.3 Å². The first kappa shape index (κ1) is 23.6. The van der Waals surface area contributed by atoms with Crippen molar-refractivity contribution in [3.05, 3.63) is 46.5 Å². The van der Waals surface area contributed by atoms with E-state index in [9.17, 15) is 18.0 Å². The minimum Gasteiger partial charge on any atom is -0.352 e. The van der Waals surface area contributed by atoms with Gasteiger partial charge in [-0.2, -0.15) is 0 Å². The van der Waals surface area contributed by atoms with Gasteiger partial charge < -0.3 is 10.6 Å². The van der Waals surface area contributed by atoms with Gasteiger partial charge in [0.15, 0.2) is 0 Å². The van der Waals surface area contributed by atoms with Crippen molar-refractivity contribution in [3.8, 4) is 0 Å². The van der Waals surface area contributed by atoms with Crippen molar-refractivity contribution in [2.45, 2.75) is 44.4 Å². The Labute approximate surface area is 180 Å². The van der Waals surface area contributed by atoms with Gasteiger partial charge in [-0.05, 0) is 35.1 Å². The number of rotatable bonds is 6. The number of carbonyl (C=O) groups excluding carboxylic acids is 2. The highest BCUT2D eigenvalue weighted by Crippen LogP contribution is 2.35. The number of aromatic nitrogens is 2. The Morgan fingerprint density at radius 2 is 1.50 bits per heavy atom. The molecule has 0 fully saturated rings. The molecule has 2 rings (SSSR count). The van der Waals surface area contributed by atoms with Crippen molar-refractivity contribution in [1.29, 1.82) is 0 Å². The molecule has 3 amide bonds. The summed E-state index contributed by atoms with van der Waals surface area (Å²) in [5.41, 5.74) is 2.09. The van der Waals surface area contributed by atoms with Crippen LogP contribution >= 0.6 is 11.6 Å². The van der Waals surface area contributed by atoms with Gasteiger partial charge in [0.05, 0.1) is 12.4 Å². The number of hydrogen-bond donors (Lipinski definition) is 3. The Balaban J connectivity index is 2.30. The highest BCUT2D eigenvalue weighted by atomic mass is 35.5. The molecule has 1 aromatic carbocycles. The molecule has 0 aliphatic heterocycles. The lowest BCUT2D eigenvalue weighted by molar-refractivity contribution is 0.0952. The summed E-state index contributed by atoms with van der Waals surface area (Å²) in [6, 6.07) is 2.55. The number of benzene rings is 1. The molecule has 0 saturated carbocycles. The summed E-state index contributed by atoms with van der Waals surface area (Å²) in [4.78, 5) is 31.0. The number of halogens is 1. The van der Waals surface area contributed by atoms with Gasteiger partial charge in [-0.25, -0.2) is 27.9 Å². The number of nitrogens with one attached hydrogen (secondary N) is 3. The summed E-state index contributed by atoms with van der Waals surface area (Å²) >= 11 is 6.21. The van der Waals surface area contributed by atoms with Gasteiger partial charge in [0.2, 0.25) is 5.82 Å². The van der Waals surface area contributed by atoms with Crippen LogP contribution in [0.1, 0.15) is 61.3 Å². The molecule has 0 aliphatic rings. The van der Waals surface area contributed by atoms with Gasteiger partial charge in [0.1, 0.15) is 4.90 Å². The molecule has 2 aromatic rings. The monoisotopic (exact) mass is 453 g/mol. The van der Waals surface area contributed by atoms with E-state index in [1.165, 1.54) is 7.05 Å². The predicted molar refractivity (Wildman–Crippen MR) is 114 cm³/mol. The van der Waals surface area contributed by atoms with Crippen molar-refractivity contribution >= 4 is 39.2 Å². The van der Waals surface area contributed by atoms with Gasteiger partial charge in [0.25, 0.3) is 15.9 Å². The molecule has 0 radical (unpaired) electrons. The summed E-state index contributed by atoms with van der Waals surface area (Å²) < 4.78 is 26.9. The van der Waals surface area contributed by atoms with Crippen molar-refractivity contribution in [2.75, 3.05) is 12.4 Å². The van der Waals surface area contributed by atoms with Crippen LogP contribution in [-0.4, -0.2) is 37.4 Å². The Morgan fingerprint density at radius 3 is 1.93 bits per heavy atom. The smallest absolute Gasteiger partial charge is 0.333 e. The lowest BCUT2D eigenvalue weighted by Crippen LogP contribution is -2.35. The number of nitrogens with zero attached hydrogens (tertiary/aromatic N) is 2. The zero-order chi connectivity index (χ0) is 22.6. The Hall–Kier alpha value is -2.72. The molecule has 11 heteroatoms. The molecule has 3 N–H and O–H groups in total. The predicted octanol–water partition coefficient (Wildman–Crippen LogP) is 3.25. The zero-order valence-electron chi connectivity index (χ0n) is 17.3. The minimum atomic E-state index is -4.25. The molecule has 0 unspecified atom stereocenters. The van der Waals surface area contributed by atoms with Crippen LogP contribution in [0.4, 0.5) is 10.5 Å². The number of sulfonamides is 1. The molecule has 9 nitrogen and oxygen atoms in total. The van der Waals surface area contributed by atoms with Crippen LogP contribution in [0, 0.1) is 0 Å². The van der Waals surface area contributed by atoms with E-state index in [-0.39, 0.29) is 22.6 Å². The van der Waals surface area contributed by atoms with E-state index in [4.69, 9.17) is 11.6 Å². The van der Waals surface area contributed by atoms with Crippen LogP contribution < -0.4 is 15.4 Å². The minimum absolute atomic E-state index is 0.0405. The largest absolute Gasteiger partial charge is 0.352 e. The number of hydrogen-bond acceptors (Lipinski definition) is 6.